The molecular formula is C15H23N3. The van der Waals surface area contributed by atoms with E-state index >= 15 is 0 Å². The van der Waals surface area contributed by atoms with Gasteiger partial charge in [-0.05, 0) is 58.0 Å². The summed E-state index contributed by atoms with van der Waals surface area (Å²) >= 11 is 0. The molecule has 18 heavy (non-hydrogen) atoms. The van der Waals surface area contributed by atoms with Crippen LogP contribution in [0.15, 0.2) is 18.2 Å². The molecule has 3 rings (SSSR count). The van der Waals surface area contributed by atoms with E-state index in [1.54, 1.807) is 0 Å². The number of piperidine rings is 1. The lowest BCUT2D eigenvalue weighted by molar-refractivity contribution is 0.253. The average molecular weight is 245 g/mol. The van der Waals surface area contributed by atoms with E-state index in [9.17, 15) is 0 Å². The second-order valence-electron chi connectivity index (χ2n) is 5.69. The summed E-state index contributed by atoms with van der Waals surface area (Å²) in [5.41, 5.74) is 1.31. The van der Waals surface area contributed by atoms with E-state index < -0.39 is 0 Å². The molecule has 0 N–H and O–H groups in total. The summed E-state index contributed by atoms with van der Waals surface area (Å²) in [5, 5.41) is 0. The van der Waals surface area contributed by atoms with E-state index in [1.807, 2.05) is 0 Å². The molecular weight excluding hydrogens is 222 g/mol. The lowest BCUT2D eigenvalue weighted by Crippen LogP contribution is -2.29. The van der Waals surface area contributed by atoms with Crippen LogP contribution in [0.5, 0.6) is 0 Å². The largest absolute Gasteiger partial charge is 0.357 e. The van der Waals surface area contributed by atoms with Crippen LogP contribution in [0.25, 0.3) is 0 Å². The first-order valence-electron chi connectivity index (χ1n) is 7.23. The lowest BCUT2D eigenvalue weighted by atomic mass is 9.93. The minimum atomic E-state index is 0.670. The van der Waals surface area contributed by atoms with Gasteiger partial charge >= 0.3 is 0 Å². The van der Waals surface area contributed by atoms with Crippen molar-refractivity contribution in [3.8, 4) is 0 Å². The van der Waals surface area contributed by atoms with Crippen molar-refractivity contribution in [2.75, 3.05) is 38.1 Å². The number of anilines is 1. The van der Waals surface area contributed by atoms with Crippen LogP contribution in [0.2, 0.25) is 0 Å². The number of nitrogens with zero attached hydrogens (tertiary/aromatic N) is 3. The maximum atomic E-state index is 4.91. The molecule has 0 amide bonds. The first kappa shape index (κ1) is 12.0. The fourth-order valence-corrected chi connectivity index (χ4v) is 3.09. The predicted molar refractivity (Wildman–Crippen MR) is 75.2 cm³/mol. The predicted octanol–water partition coefficient (Wildman–Crippen LogP) is 2.49. The van der Waals surface area contributed by atoms with E-state index in [0.29, 0.717) is 5.92 Å². The standard InChI is InChI=1S/C15H23N3/c1-17-11-7-13(8-12-17)14-5-4-6-15(16-14)18-9-2-3-10-18/h4-6,13H,2-3,7-12H2,1H3. The van der Waals surface area contributed by atoms with Crippen LogP contribution >= 0.6 is 0 Å². The van der Waals surface area contributed by atoms with E-state index in [2.05, 4.69) is 35.0 Å². The molecule has 2 saturated heterocycles. The van der Waals surface area contributed by atoms with Crippen molar-refractivity contribution in [2.45, 2.75) is 31.6 Å². The van der Waals surface area contributed by atoms with Crippen LogP contribution < -0.4 is 4.90 Å². The fraction of sp³-hybridized carbons (Fsp3) is 0.667. The summed E-state index contributed by atoms with van der Waals surface area (Å²) in [5.74, 6) is 1.87. The Labute approximate surface area is 110 Å². The summed E-state index contributed by atoms with van der Waals surface area (Å²) in [6, 6.07) is 6.58. The third-order valence-corrected chi connectivity index (χ3v) is 4.32. The van der Waals surface area contributed by atoms with Gasteiger partial charge < -0.3 is 9.80 Å². The molecule has 3 nitrogen and oxygen atoms in total. The monoisotopic (exact) mass is 245 g/mol. The van der Waals surface area contributed by atoms with Gasteiger partial charge in [-0.3, -0.25) is 0 Å². The Bertz CT molecular complexity index is 390. The summed E-state index contributed by atoms with van der Waals surface area (Å²) < 4.78 is 0. The molecule has 2 aliphatic rings. The first-order valence-corrected chi connectivity index (χ1v) is 7.23. The molecule has 0 saturated carbocycles. The van der Waals surface area contributed by atoms with Gasteiger partial charge in [-0.15, -0.1) is 0 Å². The molecule has 1 aromatic heterocycles. The van der Waals surface area contributed by atoms with Crippen molar-refractivity contribution < 1.29 is 0 Å². The molecule has 3 heteroatoms. The van der Waals surface area contributed by atoms with Gasteiger partial charge in [-0.2, -0.15) is 0 Å². The summed E-state index contributed by atoms with van der Waals surface area (Å²) in [6.45, 7) is 4.79. The maximum Gasteiger partial charge on any atom is 0.128 e. The highest BCUT2D eigenvalue weighted by Crippen LogP contribution is 2.28. The van der Waals surface area contributed by atoms with Crippen LogP contribution in [0.4, 0.5) is 5.82 Å². The third kappa shape index (κ3) is 2.51. The second-order valence-corrected chi connectivity index (χ2v) is 5.69. The van der Waals surface area contributed by atoms with Gasteiger partial charge in [-0.1, -0.05) is 6.07 Å². The molecule has 0 aliphatic carbocycles. The van der Waals surface area contributed by atoms with Crippen LogP contribution in [0.3, 0.4) is 0 Å². The zero-order chi connectivity index (χ0) is 12.4. The van der Waals surface area contributed by atoms with Gasteiger partial charge in [0.1, 0.15) is 5.82 Å². The Morgan fingerprint density at radius 1 is 1.06 bits per heavy atom. The Balaban J connectivity index is 1.74. The normalized spacial score (nSPS) is 22.6. The van der Waals surface area contributed by atoms with Crippen molar-refractivity contribution in [3.05, 3.63) is 23.9 Å². The Morgan fingerprint density at radius 2 is 1.78 bits per heavy atom. The second kappa shape index (κ2) is 5.27. The number of likely N-dealkylation sites (tertiary alicyclic amines) is 1. The van der Waals surface area contributed by atoms with E-state index in [-0.39, 0.29) is 0 Å². The molecule has 3 heterocycles. The zero-order valence-corrected chi connectivity index (χ0v) is 11.3. The molecule has 0 bridgehead atoms. The van der Waals surface area contributed by atoms with Gasteiger partial charge in [-0.25, -0.2) is 4.98 Å². The van der Waals surface area contributed by atoms with Crippen molar-refractivity contribution in [1.82, 2.24) is 9.88 Å². The molecule has 98 valence electrons. The van der Waals surface area contributed by atoms with Crippen molar-refractivity contribution in [3.63, 3.8) is 0 Å². The number of hydrogen-bond donors (Lipinski definition) is 0. The Morgan fingerprint density at radius 3 is 2.50 bits per heavy atom. The Hall–Kier alpha value is -1.09. The molecule has 2 fully saturated rings. The van der Waals surface area contributed by atoms with E-state index in [1.165, 1.54) is 63.4 Å². The van der Waals surface area contributed by atoms with Crippen molar-refractivity contribution >= 4 is 5.82 Å². The average Bonchev–Trinajstić information content (AvgIpc) is 2.94. The number of rotatable bonds is 2. The van der Waals surface area contributed by atoms with Gasteiger partial charge in [0.2, 0.25) is 0 Å². The SMILES string of the molecule is CN1CCC(c2cccc(N3CCCC3)n2)CC1. The quantitative estimate of drug-likeness (QED) is 0.798. The van der Waals surface area contributed by atoms with Gasteiger partial charge in [0.25, 0.3) is 0 Å². The molecule has 2 aliphatic heterocycles. The smallest absolute Gasteiger partial charge is 0.128 e. The summed E-state index contributed by atoms with van der Waals surface area (Å²) in [6.07, 6.45) is 5.15. The summed E-state index contributed by atoms with van der Waals surface area (Å²) in [4.78, 5) is 9.76. The molecule has 0 radical (unpaired) electrons. The summed E-state index contributed by atoms with van der Waals surface area (Å²) in [7, 11) is 2.21. The highest BCUT2D eigenvalue weighted by atomic mass is 15.2. The topological polar surface area (TPSA) is 19.4 Å². The van der Waals surface area contributed by atoms with Crippen LogP contribution in [0, 0.1) is 0 Å². The molecule has 0 spiro atoms. The maximum absolute atomic E-state index is 4.91. The minimum absolute atomic E-state index is 0.670. The van der Waals surface area contributed by atoms with Crippen LogP contribution in [-0.4, -0.2) is 43.1 Å². The van der Waals surface area contributed by atoms with Gasteiger partial charge in [0.15, 0.2) is 0 Å². The van der Waals surface area contributed by atoms with E-state index in [4.69, 9.17) is 4.98 Å². The Kier molecular flexibility index (Phi) is 3.50. The minimum Gasteiger partial charge on any atom is -0.357 e. The zero-order valence-electron chi connectivity index (χ0n) is 11.3. The van der Waals surface area contributed by atoms with E-state index in [0.717, 1.165) is 0 Å². The molecule has 1 aromatic rings. The van der Waals surface area contributed by atoms with Gasteiger partial charge in [0, 0.05) is 24.7 Å². The van der Waals surface area contributed by atoms with Crippen molar-refractivity contribution in [1.29, 1.82) is 0 Å². The third-order valence-electron chi connectivity index (χ3n) is 4.32. The first-order chi connectivity index (χ1) is 8.83. The molecule has 0 atom stereocenters. The van der Waals surface area contributed by atoms with Crippen LogP contribution in [-0.2, 0) is 0 Å². The fourth-order valence-electron chi connectivity index (χ4n) is 3.09. The highest BCUT2D eigenvalue weighted by Gasteiger charge is 2.21. The number of hydrogen-bond acceptors (Lipinski definition) is 3. The van der Waals surface area contributed by atoms with Crippen molar-refractivity contribution in [2.24, 2.45) is 0 Å². The van der Waals surface area contributed by atoms with Gasteiger partial charge in [0.05, 0.1) is 0 Å². The molecule has 0 unspecified atom stereocenters. The highest BCUT2D eigenvalue weighted by molar-refractivity contribution is 5.40. The van der Waals surface area contributed by atoms with Crippen LogP contribution in [0.1, 0.15) is 37.3 Å². The lowest BCUT2D eigenvalue weighted by Gasteiger charge is -2.29. The number of pyridine rings is 1. The molecule has 0 aromatic carbocycles. The number of aromatic nitrogens is 1.